The van der Waals surface area contributed by atoms with Crippen LogP contribution in [0.5, 0.6) is 0 Å². The molecule has 1 saturated carbocycles. The van der Waals surface area contributed by atoms with Crippen LogP contribution in [0.3, 0.4) is 0 Å². The maximum Gasteiger partial charge on any atom is 0.416 e. The molecule has 164 valence electrons. The second-order valence-electron chi connectivity index (χ2n) is 8.03. The fraction of sp³-hybridized carbons (Fsp3) is 0.619. The summed E-state index contributed by atoms with van der Waals surface area (Å²) in [4.78, 5) is 29.8. The first-order chi connectivity index (χ1) is 14.3. The molecule has 2 saturated heterocycles. The smallest absolute Gasteiger partial charge is 0.378 e. The summed E-state index contributed by atoms with van der Waals surface area (Å²) in [7, 11) is 0. The Hall–Kier alpha value is -2.13. The molecule has 0 unspecified atom stereocenters. The summed E-state index contributed by atoms with van der Waals surface area (Å²) in [6, 6.07) is 3.53. The van der Waals surface area contributed by atoms with Crippen LogP contribution in [0, 0.1) is 0 Å². The molecule has 2 heterocycles. The van der Waals surface area contributed by atoms with E-state index in [4.69, 9.17) is 9.47 Å². The highest BCUT2D eigenvalue weighted by Gasteiger charge is 2.53. The average molecular weight is 426 g/mol. The van der Waals surface area contributed by atoms with Crippen LogP contribution in [0.25, 0.3) is 0 Å². The van der Waals surface area contributed by atoms with E-state index in [9.17, 15) is 22.8 Å². The van der Waals surface area contributed by atoms with E-state index in [1.807, 2.05) is 0 Å². The van der Waals surface area contributed by atoms with Crippen LogP contribution in [0.15, 0.2) is 24.3 Å². The monoisotopic (exact) mass is 426 g/mol. The number of morpholine rings is 1. The molecule has 1 aromatic rings. The summed E-state index contributed by atoms with van der Waals surface area (Å²) in [5.74, 6) is -0.826. The molecule has 2 amide bonds. The Morgan fingerprint density at radius 2 is 1.77 bits per heavy atom. The number of rotatable bonds is 2. The number of ether oxygens (including phenoxy) is 2. The first kappa shape index (κ1) is 21.1. The maximum absolute atomic E-state index is 13.5. The molecule has 1 aromatic carbocycles. The number of carbonyl (C=O) groups is 2. The van der Waals surface area contributed by atoms with Gasteiger partial charge in [-0.1, -0.05) is 12.5 Å². The number of alkyl halides is 3. The van der Waals surface area contributed by atoms with Crippen molar-refractivity contribution in [2.24, 2.45) is 0 Å². The Kier molecular flexibility index (Phi) is 5.76. The van der Waals surface area contributed by atoms with Crippen LogP contribution in [-0.2, 0) is 20.4 Å². The molecule has 3 aliphatic rings. The summed E-state index contributed by atoms with van der Waals surface area (Å²) in [5.41, 5.74) is -1.90. The summed E-state index contributed by atoms with van der Waals surface area (Å²) >= 11 is 0. The van der Waals surface area contributed by atoms with Gasteiger partial charge in [-0.05, 0) is 43.9 Å². The second kappa shape index (κ2) is 8.19. The minimum absolute atomic E-state index is 0.0564. The molecule has 3 fully saturated rings. The Bertz CT molecular complexity index is 802. The third kappa shape index (κ3) is 3.92. The molecule has 1 atom stereocenters. The Balaban J connectivity index is 1.67. The van der Waals surface area contributed by atoms with Crippen LogP contribution >= 0.6 is 0 Å². The molecule has 6 nitrogen and oxygen atoms in total. The molecule has 1 spiro atoms. The molecule has 4 rings (SSSR count). The quantitative estimate of drug-likeness (QED) is 0.730. The SMILES string of the molecule is O=C([C@@H]1COC2(CCCCC2)N1C(=O)c1cccc(C(F)(F)F)c1)N1CCOCC1. The molecule has 0 N–H and O–H groups in total. The van der Waals surface area contributed by atoms with Crippen molar-refractivity contribution in [2.75, 3.05) is 32.9 Å². The highest BCUT2D eigenvalue weighted by atomic mass is 19.4. The predicted octanol–water partition coefficient (Wildman–Crippen LogP) is 3.07. The minimum atomic E-state index is -4.55. The molecule has 2 aliphatic heterocycles. The zero-order chi connectivity index (χ0) is 21.4. The lowest BCUT2D eigenvalue weighted by Gasteiger charge is -2.42. The fourth-order valence-electron chi connectivity index (χ4n) is 4.62. The molecular formula is C21H25F3N2O4. The van der Waals surface area contributed by atoms with Crippen molar-refractivity contribution in [3.63, 3.8) is 0 Å². The first-order valence-corrected chi connectivity index (χ1v) is 10.3. The van der Waals surface area contributed by atoms with E-state index in [1.54, 1.807) is 4.90 Å². The number of benzene rings is 1. The summed E-state index contributed by atoms with van der Waals surface area (Å²) in [5, 5.41) is 0. The van der Waals surface area contributed by atoms with E-state index in [2.05, 4.69) is 0 Å². The summed E-state index contributed by atoms with van der Waals surface area (Å²) < 4.78 is 50.9. The number of hydrogen-bond acceptors (Lipinski definition) is 4. The van der Waals surface area contributed by atoms with Gasteiger partial charge in [0.05, 0.1) is 25.4 Å². The summed E-state index contributed by atoms with van der Waals surface area (Å²) in [6.07, 6.45) is -0.729. The van der Waals surface area contributed by atoms with Crippen molar-refractivity contribution in [3.05, 3.63) is 35.4 Å². The van der Waals surface area contributed by atoms with E-state index < -0.39 is 29.4 Å². The van der Waals surface area contributed by atoms with Gasteiger partial charge in [0.1, 0.15) is 11.8 Å². The zero-order valence-electron chi connectivity index (χ0n) is 16.6. The lowest BCUT2D eigenvalue weighted by Crippen LogP contribution is -2.58. The number of amides is 2. The van der Waals surface area contributed by atoms with Gasteiger partial charge in [0.2, 0.25) is 5.91 Å². The van der Waals surface area contributed by atoms with Gasteiger partial charge in [0, 0.05) is 18.7 Å². The van der Waals surface area contributed by atoms with Gasteiger partial charge in [0.25, 0.3) is 5.91 Å². The predicted molar refractivity (Wildman–Crippen MR) is 101 cm³/mol. The second-order valence-corrected chi connectivity index (χ2v) is 8.03. The molecular weight excluding hydrogens is 401 g/mol. The van der Waals surface area contributed by atoms with Crippen molar-refractivity contribution in [1.82, 2.24) is 9.80 Å². The molecule has 1 aliphatic carbocycles. The van der Waals surface area contributed by atoms with Crippen LogP contribution in [-0.4, -0.2) is 66.3 Å². The van der Waals surface area contributed by atoms with E-state index in [1.165, 1.54) is 17.0 Å². The lowest BCUT2D eigenvalue weighted by atomic mass is 9.89. The number of halogens is 3. The summed E-state index contributed by atoms with van der Waals surface area (Å²) in [6.45, 7) is 1.75. The minimum Gasteiger partial charge on any atom is -0.378 e. The largest absolute Gasteiger partial charge is 0.416 e. The van der Waals surface area contributed by atoms with Gasteiger partial charge in [-0.2, -0.15) is 13.2 Å². The highest BCUT2D eigenvalue weighted by molar-refractivity contribution is 5.98. The van der Waals surface area contributed by atoms with E-state index in [0.29, 0.717) is 39.1 Å². The van der Waals surface area contributed by atoms with Gasteiger partial charge in [0.15, 0.2) is 0 Å². The number of hydrogen-bond donors (Lipinski definition) is 0. The van der Waals surface area contributed by atoms with Gasteiger partial charge in [-0.3, -0.25) is 14.5 Å². The van der Waals surface area contributed by atoms with Gasteiger partial charge in [-0.25, -0.2) is 0 Å². The zero-order valence-corrected chi connectivity index (χ0v) is 16.6. The highest BCUT2D eigenvalue weighted by Crippen LogP contribution is 2.42. The third-order valence-corrected chi connectivity index (χ3v) is 6.16. The van der Waals surface area contributed by atoms with E-state index in [-0.39, 0.29) is 18.1 Å². The molecule has 0 radical (unpaired) electrons. The Labute approximate surface area is 172 Å². The topological polar surface area (TPSA) is 59.1 Å². The van der Waals surface area contributed by atoms with E-state index in [0.717, 1.165) is 31.4 Å². The van der Waals surface area contributed by atoms with Crippen molar-refractivity contribution in [1.29, 1.82) is 0 Å². The van der Waals surface area contributed by atoms with Crippen LogP contribution in [0.2, 0.25) is 0 Å². The molecule has 9 heteroatoms. The van der Waals surface area contributed by atoms with Gasteiger partial charge < -0.3 is 14.4 Å². The van der Waals surface area contributed by atoms with Crippen molar-refractivity contribution < 1.29 is 32.2 Å². The number of nitrogens with zero attached hydrogens (tertiary/aromatic N) is 2. The van der Waals surface area contributed by atoms with Crippen LogP contribution < -0.4 is 0 Å². The van der Waals surface area contributed by atoms with Gasteiger partial charge >= 0.3 is 6.18 Å². The van der Waals surface area contributed by atoms with Crippen LogP contribution in [0.4, 0.5) is 13.2 Å². The van der Waals surface area contributed by atoms with Crippen molar-refractivity contribution in [2.45, 2.75) is 50.0 Å². The van der Waals surface area contributed by atoms with Crippen molar-refractivity contribution >= 4 is 11.8 Å². The lowest BCUT2D eigenvalue weighted by molar-refractivity contribution is -0.141. The van der Waals surface area contributed by atoms with Gasteiger partial charge in [-0.15, -0.1) is 0 Å². The maximum atomic E-state index is 13.5. The third-order valence-electron chi connectivity index (χ3n) is 6.16. The van der Waals surface area contributed by atoms with Crippen molar-refractivity contribution in [3.8, 4) is 0 Å². The first-order valence-electron chi connectivity index (χ1n) is 10.3. The Morgan fingerprint density at radius 3 is 2.43 bits per heavy atom. The normalized spacial score (nSPS) is 24.3. The fourth-order valence-corrected chi connectivity index (χ4v) is 4.62. The average Bonchev–Trinajstić information content (AvgIpc) is 3.11. The van der Waals surface area contributed by atoms with Crippen LogP contribution in [0.1, 0.15) is 48.0 Å². The number of carbonyl (C=O) groups excluding carboxylic acids is 2. The molecule has 30 heavy (non-hydrogen) atoms. The molecule has 0 aromatic heterocycles. The molecule has 0 bridgehead atoms. The standard InChI is InChI=1S/C21H25F3N2O4/c22-21(23,24)16-6-4-5-15(13-16)18(27)26-17(19(28)25-9-11-29-12-10-25)14-30-20(26)7-2-1-3-8-20/h4-6,13,17H,1-3,7-12,14H2/t17-/m0/s1. The van der Waals surface area contributed by atoms with E-state index >= 15 is 0 Å². The Morgan fingerprint density at radius 1 is 1.07 bits per heavy atom.